The fraction of sp³-hybridized carbons (Fsp3) is 0.333. The van der Waals surface area contributed by atoms with Crippen LogP contribution in [0.2, 0.25) is 4.47 Å². The fourth-order valence-corrected chi connectivity index (χ4v) is 1.99. The maximum absolute atomic E-state index is 11.6. The van der Waals surface area contributed by atoms with E-state index in [4.69, 9.17) is 16.3 Å². The number of carbonyl (C=O) groups excluding carboxylic acids is 3. The number of thiazole rings is 1. The minimum atomic E-state index is -0.739. The maximum atomic E-state index is 11.6. The van der Waals surface area contributed by atoms with Gasteiger partial charge < -0.3 is 4.74 Å². The number of nitrogens with one attached hydrogen (secondary N) is 2. The predicted octanol–water partition coefficient (Wildman–Crippen LogP) is 0.754. The summed E-state index contributed by atoms with van der Waals surface area (Å²) in [7, 11) is 0. The predicted molar refractivity (Wildman–Crippen MR) is 64.4 cm³/mol. The first-order valence-electron chi connectivity index (χ1n) is 4.86. The van der Waals surface area contributed by atoms with E-state index in [1.54, 1.807) is 6.92 Å². The molecule has 0 aliphatic rings. The van der Waals surface area contributed by atoms with Crippen LogP contribution in [0.1, 0.15) is 34.0 Å². The average Bonchev–Trinajstić information content (AvgIpc) is 2.68. The van der Waals surface area contributed by atoms with Gasteiger partial charge in [-0.05, 0) is 6.92 Å². The summed E-state index contributed by atoms with van der Waals surface area (Å²) in [4.78, 5) is 37.5. The molecule has 1 aromatic heterocycles. The van der Waals surface area contributed by atoms with Crippen molar-refractivity contribution in [3.63, 3.8) is 0 Å². The molecule has 0 fully saturated rings. The van der Waals surface area contributed by atoms with Gasteiger partial charge in [0.1, 0.15) is 4.88 Å². The zero-order valence-electron chi connectivity index (χ0n) is 9.57. The molecule has 98 valence electrons. The molecule has 1 rings (SSSR count). The van der Waals surface area contributed by atoms with Gasteiger partial charge >= 0.3 is 5.97 Å². The van der Waals surface area contributed by atoms with Gasteiger partial charge in [0.25, 0.3) is 5.91 Å². The smallest absolute Gasteiger partial charge is 0.350 e. The van der Waals surface area contributed by atoms with Gasteiger partial charge in [-0.2, -0.15) is 0 Å². The van der Waals surface area contributed by atoms with E-state index >= 15 is 0 Å². The third kappa shape index (κ3) is 3.67. The highest BCUT2D eigenvalue weighted by molar-refractivity contribution is 7.17. The van der Waals surface area contributed by atoms with Gasteiger partial charge in [0.15, 0.2) is 10.2 Å². The second-order valence-electron chi connectivity index (χ2n) is 3.00. The Morgan fingerprint density at radius 3 is 2.61 bits per heavy atom. The van der Waals surface area contributed by atoms with Crippen molar-refractivity contribution in [3.8, 4) is 0 Å². The van der Waals surface area contributed by atoms with Crippen molar-refractivity contribution >= 4 is 40.7 Å². The molecule has 1 aromatic rings. The van der Waals surface area contributed by atoms with Gasteiger partial charge in [-0.15, -0.1) is 0 Å². The maximum Gasteiger partial charge on any atom is 0.350 e. The average molecular weight is 292 g/mol. The van der Waals surface area contributed by atoms with E-state index in [1.165, 1.54) is 6.92 Å². The van der Waals surface area contributed by atoms with Crippen LogP contribution in [0.5, 0.6) is 0 Å². The summed E-state index contributed by atoms with van der Waals surface area (Å²) in [5.41, 5.74) is 3.99. The molecule has 7 nitrogen and oxygen atoms in total. The van der Waals surface area contributed by atoms with E-state index in [0.29, 0.717) is 0 Å². The molecule has 0 bridgehead atoms. The number of hydrazine groups is 1. The minimum Gasteiger partial charge on any atom is -0.462 e. The Morgan fingerprint density at radius 2 is 2.06 bits per heavy atom. The quantitative estimate of drug-likeness (QED) is 0.633. The Bertz CT molecular complexity index is 488. The van der Waals surface area contributed by atoms with Crippen LogP contribution in [0.15, 0.2) is 0 Å². The number of hydrogen-bond donors (Lipinski definition) is 2. The van der Waals surface area contributed by atoms with E-state index in [2.05, 4.69) is 15.8 Å². The van der Waals surface area contributed by atoms with Gasteiger partial charge in [-0.25, -0.2) is 9.78 Å². The zero-order valence-corrected chi connectivity index (χ0v) is 11.1. The third-order valence-corrected chi connectivity index (χ3v) is 2.77. The molecule has 0 radical (unpaired) electrons. The van der Waals surface area contributed by atoms with Crippen molar-refractivity contribution in [1.29, 1.82) is 0 Å². The van der Waals surface area contributed by atoms with E-state index in [0.717, 1.165) is 11.3 Å². The molecule has 2 amide bonds. The summed E-state index contributed by atoms with van der Waals surface area (Å²) >= 11 is 6.48. The van der Waals surface area contributed by atoms with Gasteiger partial charge in [0, 0.05) is 6.92 Å². The second kappa shape index (κ2) is 6.31. The molecule has 1 heterocycles. The first kappa shape index (κ1) is 14.4. The number of rotatable bonds is 3. The lowest BCUT2D eigenvalue weighted by Gasteiger charge is -2.04. The Hall–Kier alpha value is -1.67. The number of aromatic nitrogens is 1. The summed E-state index contributed by atoms with van der Waals surface area (Å²) in [6.45, 7) is 3.03. The molecule has 0 saturated heterocycles. The number of hydrogen-bond acceptors (Lipinski definition) is 6. The molecule has 0 spiro atoms. The summed E-state index contributed by atoms with van der Waals surface area (Å²) in [6, 6.07) is 0. The van der Waals surface area contributed by atoms with Crippen LogP contribution in [-0.4, -0.2) is 29.4 Å². The standard InChI is InChI=1S/C9H10ClN3O4S/c1-3-17-8(16)6-5(11-9(10)18-6)7(15)13-12-4(2)14/h3H2,1-2H3,(H,12,14)(H,13,15). The monoisotopic (exact) mass is 291 g/mol. The van der Waals surface area contributed by atoms with Crippen molar-refractivity contribution < 1.29 is 19.1 Å². The molecular weight excluding hydrogens is 282 g/mol. The Labute approximate surface area is 111 Å². The highest BCUT2D eigenvalue weighted by Gasteiger charge is 2.24. The minimum absolute atomic E-state index is 0.00954. The Kier molecular flexibility index (Phi) is 5.05. The summed E-state index contributed by atoms with van der Waals surface area (Å²) in [5, 5.41) is 0. The molecule has 0 unspecified atom stereocenters. The van der Waals surface area contributed by atoms with Gasteiger partial charge in [0.2, 0.25) is 5.91 Å². The van der Waals surface area contributed by atoms with Crippen LogP contribution in [0.25, 0.3) is 0 Å². The van der Waals surface area contributed by atoms with Gasteiger partial charge in [-0.3, -0.25) is 20.4 Å². The topological polar surface area (TPSA) is 97.4 Å². The molecule has 0 aliphatic heterocycles. The lowest BCUT2D eigenvalue weighted by Crippen LogP contribution is -2.41. The molecule has 18 heavy (non-hydrogen) atoms. The molecule has 0 saturated carbocycles. The number of carbonyl (C=O) groups is 3. The summed E-state index contributed by atoms with van der Waals surface area (Å²) < 4.78 is 4.80. The molecular formula is C9H10ClN3O4S. The fourth-order valence-electron chi connectivity index (χ4n) is 0.987. The van der Waals surface area contributed by atoms with Crippen LogP contribution in [0.3, 0.4) is 0 Å². The van der Waals surface area contributed by atoms with Crippen LogP contribution >= 0.6 is 22.9 Å². The first-order chi connectivity index (χ1) is 8.45. The van der Waals surface area contributed by atoms with Crippen molar-refractivity contribution in [3.05, 3.63) is 15.0 Å². The normalized spacial score (nSPS) is 9.72. The Balaban J connectivity index is 2.90. The molecule has 9 heteroatoms. The van der Waals surface area contributed by atoms with Gasteiger partial charge in [-0.1, -0.05) is 22.9 Å². The molecule has 0 atom stereocenters. The van der Waals surface area contributed by atoms with Crippen molar-refractivity contribution in [2.45, 2.75) is 13.8 Å². The molecule has 0 aromatic carbocycles. The Morgan fingerprint density at radius 1 is 1.39 bits per heavy atom. The molecule has 0 aliphatic carbocycles. The highest BCUT2D eigenvalue weighted by atomic mass is 35.5. The van der Waals surface area contributed by atoms with Crippen molar-refractivity contribution in [2.24, 2.45) is 0 Å². The van der Waals surface area contributed by atoms with E-state index in [1.807, 2.05) is 0 Å². The van der Waals surface area contributed by atoms with Crippen molar-refractivity contribution in [1.82, 2.24) is 15.8 Å². The lowest BCUT2D eigenvalue weighted by molar-refractivity contribution is -0.119. The van der Waals surface area contributed by atoms with Crippen LogP contribution in [-0.2, 0) is 9.53 Å². The first-order valence-corrected chi connectivity index (χ1v) is 6.05. The number of nitrogens with zero attached hydrogens (tertiary/aromatic N) is 1. The van der Waals surface area contributed by atoms with E-state index in [9.17, 15) is 14.4 Å². The third-order valence-electron chi connectivity index (χ3n) is 1.63. The van der Waals surface area contributed by atoms with E-state index in [-0.39, 0.29) is 21.6 Å². The number of amides is 2. The summed E-state index contributed by atoms with van der Waals surface area (Å²) in [6.07, 6.45) is 0. The SMILES string of the molecule is CCOC(=O)c1sc(Cl)nc1C(=O)NNC(C)=O. The summed E-state index contributed by atoms with van der Waals surface area (Å²) in [5.74, 6) is -1.88. The number of esters is 1. The van der Waals surface area contributed by atoms with Crippen LogP contribution < -0.4 is 10.9 Å². The van der Waals surface area contributed by atoms with Crippen LogP contribution in [0, 0.1) is 0 Å². The number of halogens is 1. The number of ether oxygens (including phenoxy) is 1. The van der Waals surface area contributed by atoms with E-state index < -0.39 is 17.8 Å². The lowest BCUT2D eigenvalue weighted by atomic mass is 10.3. The van der Waals surface area contributed by atoms with Gasteiger partial charge in [0.05, 0.1) is 6.61 Å². The molecule has 2 N–H and O–H groups in total. The second-order valence-corrected chi connectivity index (χ2v) is 4.58. The van der Waals surface area contributed by atoms with Crippen molar-refractivity contribution in [2.75, 3.05) is 6.61 Å². The largest absolute Gasteiger partial charge is 0.462 e. The highest BCUT2D eigenvalue weighted by Crippen LogP contribution is 2.23. The van der Waals surface area contributed by atoms with Crippen LogP contribution in [0.4, 0.5) is 0 Å². The zero-order chi connectivity index (χ0) is 13.7.